The maximum Gasteiger partial charge on any atom is 0.229 e. The normalized spacial score (nSPS) is 25.7. The van der Waals surface area contributed by atoms with E-state index in [2.05, 4.69) is 5.32 Å². The van der Waals surface area contributed by atoms with Crippen molar-refractivity contribution in [3.63, 3.8) is 0 Å². The summed E-state index contributed by atoms with van der Waals surface area (Å²) in [4.78, 5) is 12.1. The third-order valence-corrected chi connectivity index (χ3v) is 5.09. The highest BCUT2D eigenvalue weighted by Crippen LogP contribution is 2.63. The van der Waals surface area contributed by atoms with Crippen LogP contribution in [0, 0.1) is 5.41 Å². The van der Waals surface area contributed by atoms with Crippen LogP contribution in [0.25, 0.3) is 0 Å². The van der Waals surface area contributed by atoms with Crippen molar-refractivity contribution in [2.75, 3.05) is 0 Å². The van der Waals surface area contributed by atoms with Gasteiger partial charge in [-0.05, 0) is 38.3 Å². The molecule has 0 heterocycles. The molecule has 0 bridgehead atoms. The Morgan fingerprint density at radius 1 is 1.42 bits per heavy atom. The second kappa shape index (κ2) is 5.16. The summed E-state index contributed by atoms with van der Waals surface area (Å²) in [6, 6.07) is 7.60. The Hall–Kier alpha value is -0.440. The fourth-order valence-electron chi connectivity index (χ4n) is 2.07. The van der Waals surface area contributed by atoms with E-state index in [9.17, 15) is 4.79 Å². The van der Waals surface area contributed by atoms with Crippen molar-refractivity contribution in [1.29, 1.82) is 0 Å². The van der Waals surface area contributed by atoms with Crippen molar-refractivity contribution in [2.45, 2.75) is 37.1 Å². The lowest BCUT2D eigenvalue weighted by atomic mass is 10.0. The lowest BCUT2D eigenvalue weighted by Gasteiger charge is -2.18. The number of hydrogen-bond acceptors (Lipinski definition) is 1. The summed E-state index contributed by atoms with van der Waals surface area (Å²) in [6.45, 7) is 3.72. The summed E-state index contributed by atoms with van der Waals surface area (Å²) in [6.07, 6.45) is 1.17. The fourth-order valence-corrected chi connectivity index (χ4v) is 2.99. The number of rotatable bonds is 4. The van der Waals surface area contributed by atoms with Crippen molar-refractivity contribution < 1.29 is 4.79 Å². The number of halogens is 3. The van der Waals surface area contributed by atoms with E-state index >= 15 is 0 Å². The van der Waals surface area contributed by atoms with E-state index in [0.29, 0.717) is 17.9 Å². The Balaban J connectivity index is 1.94. The SMILES string of the molecule is C[C@H](Cc1ccccc1Cl)NC(=O)[C@]1(C)CC1(Cl)Cl. The minimum absolute atomic E-state index is 0.0195. The zero-order valence-electron chi connectivity index (χ0n) is 10.8. The number of benzene rings is 1. The van der Waals surface area contributed by atoms with Crippen LogP contribution < -0.4 is 5.32 Å². The first kappa shape index (κ1) is 15.0. The molecular formula is C14H16Cl3NO. The summed E-state index contributed by atoms with van der Waals surface area (Å²) in [7, 11) is 0. The lowest BCUT2D eigenvalue weighted by Crippen LogP contribution is -2.40. The van der Waals surface area contributed by atoms with Gasteiger partial charge >= 0.3 is 0 Å². The van der Waals surface area contributed by atoms with Gasteiger partial charge in [0.05, 0.1) is 5.41 Å². The van der Waals surface area contributed by atoms with Crippen molar-refractivity contribution in [1.82, 2.24) is 5.32 Å². The Morgan fingerprint density at radius 2 is 2.00 bits per heavy atom. The van der Waals surface area contributed by atoms with Crippen LogP contribution in [0.15, 0.2) is 24.3 Å². The van der Waals surface area contributed by atoms with E-state index in [1.165, 1.54) is 0 Å². The molecule has 0 radical (unpaired) electrons. The minimum atomic E-state index is -0.929. The van der Waals surface area contributed by atoms with E-state index < -0.39 is 9.75 Å². The fraction of sp³-hybridized carbons (Fsp3) is 0.500. The molecule has 0 aromatic heterocycles. The molecule has 104 valence electrons. The van der Waals surface area contributed by atoms with Gasteiger partial charge in [-0.15, -0.1) is 23.2 Å². The van der Waals surface area contributed by atoms with Gasteiger partial charge in [-0.25, -0.2) is 0 Å². The average molecular weight is 321 g/mol. The summed E-state index contributed by atoms with van der Waals surface area (Å²) < 4.78 is -0.929. The van der Waals surface area contributed by atoms with Crippen LogP contribution in [-0.4, -0.2) is 16.3 Å². The highest BCUT2D eigenvalue weighted by molar-refractivity contribution is 6.53. The predicted octanol–water partition coefficient (Wildman–Crippen LogP) is 3.97. The van der Waals surface area contributed by atoms with Gasteiger partial charge in [0.1, 0.15) is 4.33 Å². The van der Waals surface area contributed by atoms with E-state index in [0.717, 1.165) is 5.56 Å². The number of carbonyl (C=O) groups excluding carboxylic acids is 1. The van der Waals surface area contributed by atoms with Gasteiger partial charge in [-0.1, -0.05) is 29.8 Å². The zero-order chi connectivity index (χ0) is 14.3. The third kappa shape index (κ3) is 3.01. The first-order valence-electron chi connectivity index (χ1n) is 6.18. The van der Waals surface area contributed by atoms with Crippen molar-refractivity contribution in [2.24, 2.45) is 5.41 Å². The zero-order valence-corrected chi connectivity index (χ0v) is 13.1. The Kier molecular flexibility index (Phi) is 4.06. The van der Waals surface area contributed by atoms with Crippen LogP contribution in [-0.2, 0) is 11.2 Å². The molecule has 1 aromatic rings. The molecular weight excluding hydrogens is 305 g/mol. The van der Waals surface area contributed by atoms with E-state index in [1.54, 1.807) is 6.92 Å². The molecule has 1 fully saturated rings. The molecule has 1 aliphatic rings. The summed E-state index contributed by atoms with van der Waals surface area (Å²) in [5.41, 5.74) is 0.339. The second-order valence-corrected chi connectivity index (χ2v) is 7.27. The summed E-state index contributed by atoms with van der Waals surface area (Å²) in [5.74, 6) is -0.1000. The number of hydrogen-bond donors (Lipinski definition) is 1. The molecule has 2 nitrogen and oxygen atoms in total. The molecule has 1 saturated carbocycles. The molecule has 1 aliphatic carbocycles. The van der Waals surface area contributed by atoms with E-state index in [4.69, 9.17) is 34.8 Å². The molecule has 1 aromatic carbocycles. The molecule has 1 N–H and O–H groups in total. The Bertz CT molecular complexity index is 503. The van der Waals surface area contributed by atoms with Crippen LogP contribution in [0.1, 0.15) is 25.8 Å². The standard InChI is InChI=1S/C14H16Cl3NO/c1-9(7-10-5-3-4-6-11(10)15)18-12(19)13(2)8-14(13,16)17/h3-6,9H,7-8H2,1-2H3,(H,18,19)/t9-,13+/m1/s1. The first-order chi connectivity index (χ1) is 8.76. The molecule has 0 aliphatic heterocycles. The molecule has 2 atom stereocenters. The molecule has 0 spiro atoms. The molecule has 0 unspecified atom stereocenters. The quantitative estimate of drug-likeness (QED) is 0.836. The van der Waals surface area contributed by atoms with Crippen LogP contribution in [0.2, 0.25) is 5.02 Å². The Labute approximate surface area is 128 Å². The van der Waals surface area contributed by atoms with Crippen molar-refractivity contribution in [3.8, 4) is 0 Å². The monoisotopic (exact) mass is 319 g/mol. The molecule has 5 heteroatoms. The van der Waals surface area contributed by atoms with Crippen LogP contribution in [0.5, 0.6) is 0 Å². The van der Waals surface area contributed by atoms with Gasteiger partial charge in [0.15, 0.2) is 0 Å². The number of carbonyl (C=O) groups is 1. The van der Waals surface area contributed by atoms with Crippen molar-refractivity contribution >= 4 is 40.7 Å². The van der Waals surface area contributed by atoms with Gasteiger partial charge in [0.25, 0.3) is 0 Å². The average Bonchev–Trinajstić information content (AvgIpc) is 2.83. The summed E-state index contributed by atoms with van der Waals surface area (Å²) in [5, 5.41) is 3.66. The van der Waals surface area contributed by atoms with Crippen molar-refractivity contribution in [3.05, 3.63) is 34.9 Å². The number of alkyl halides is 2. The highest BCUT2D eigenvalue weighted by Gasteiger charge is 2.67. The van der Waals surface area contributed by atoms with E-state index in [1.807, 2.05) is 31.2 Å². The lowest BCUT2D eigenvalue weighted by molar-refractivity contribution is -0.126. The van der Waals surface area contributed by atoms with Crippen LogP contribution in [0.3, 0.4) is 0 Å². The van der Waals surface area contributed by atoms with Crippen LogP contribution >= 0.6 is 34.8 Å². The van der Waals surface area contributed by atoms with Gasteiger partial charge in [0.2, 0.25) is 5.91 Å². The Morgan fingerprint density at radius 3 is 2.53 bits per heavy atom. The topological polar surface area (TPSA) is 29.1 Å². The predicted molar refractivity (Wildman–Crippen MR) is 79.9 cm³/mol. The highest BCUT2D eigenvalue weighted by atomic mass is 35.5. The number of nitrogens with one attached hydrogen (secondary N) is 1. The number of amides is 1. The minimum Gasteiger partial charge on any atom is -0.353 e. The van der Waals surface area contributed by atoms with Gasteiger partial charge < -0.3 is 5.32 Å². The molecule has 2 rings (SSSR count). The molecule has 19 heavy (non-hydrogen) atoms. The van der Waals surface area contributed by atoms with Gasteiger partial charge in [0, 0.05) is 11.1 Å². The summed E-state index contributed by atoms with van der Waals surface area (Å²) >= 11 is 18.1. The van der Waals surface area contributed by atoms with E-state index in [-0.39, 0.29) is 11.9 Å². The largest absolute Gasteiger partial charge is 0.353 e. The smallest absolute Gasteiger partial charge is 0.229 e. The third-order valence-electron chi connectivity index (χ3n) is 3.62. The van der Waals surface area contributed by atoms with Crippen LogP contribution in [0.4, 0.5) is 0 Å². The van der Waals surface area contributed by atoms with Gasteiger partial charge in [-0.2, -0.15) is 0 Å². The maximum absolute atomic E-state index is 12.1. The van der Waals surface area contributed by atoms with Gasteiger partial charge in [-0.3, -0.25) is 4.79 Å². The molecule has 0 saturated heterocycles. The maximum atomic E-state index is 12.1. The molecule has 1 amide bonds. The second-order valence-electron chi connectivity index (χ2n) is 5.38. The first-order valence-corrected chi connectivity index (χ1v) is 7.32.